The fraction of sp³-hybridized carbons (Fsp3) is 0.385. The Kier molecular flexibility index (Phi) is 5.42. The summed E-state index contributed by atoms with van der Waals surface area (Å²) in [4.78, 5) is 23.0. The quantitative estimate of drug-likeness (QED) is 0.766. The molecule has 0 aliphatic carbocycles. The summed E-state index contributed by atoms with van der Waals surface area (Å²) in [6.45, 7) is 5.20. The zero-order chi connectivity index (χ0) is 15.5. The van der Waals surface area contributed by atoms with Crippen molar-refractivity contribution in [2.75, 3.05) is 5.32 Å². The number of anilines is 1. The van der Waals surface area contributed by atoms with E-state index in [2.05, 4.69) is 26.6 Å². The fourth-order valence-corrected chi connectivity index (χ4v) is 2.25. The minimum absolute atomic E-state index is 0.358. The van der Waals surface area contributed by atoms with E-state index in [9.17, 15) is 9.59 Å². The van der Waals surface area contributed by atoms with Gasteiger partial charge in [-0.3, -0.25) is 0 Å². The molecule has 1 aromatic carbocycles. The maximum atomic E-state index is 11.9. The Labute approximate surface area is 130 Å². The van der Waals surface area contributed by atoms with Gasteiger partial charge in [-0.1, -0.05) is 48.3 Å². The lowest BCUT2D eigenvalue weighted by atomic mass is 9.87. The van der Waals surface area contributed by atoms with E-state index in [-0.39, 0.29) is 0 Å². The average Bonchev–Trinajstić information content (AvgIpc) is 2.28. The molecule has 0 saturated heterocycles. The van der Waals surface area contributed by atoms with E-state index >= 15 is 0 Å². The minimum Gasteiger partial charge on any atom is -0.480 e. The predicted octanol–water partition coefficient (Wildman–Crippen LogP) is 3.72. The third kappa shape index (κ3) is 4.68. The van der Waals surface area contributed by atoms with Gasteiger partial charge >= 0.3 is 12.0 Å². The van der Waals surface area contributed by atoms with E-state index in [1.807, 2.05) is 0 Å². The van der Waals surface area contributed by atoms with Crippen LogP contribution in [0.5, 0.6) is 0 Å². The van der Waals surface area contributed by atoms with Crippen LogP contribution in [0.2, 0.25) is 5.02 Å². The molecule has 7 heteroatoms. The normalized spacial score (nSPS) is 12.7. The molecule has 0 bridgehead atoms. The van der Waals surface area contributed by atoms with E-state index in [1.54, 1.807) is 39.0 Å². The van der Waals surface area contributed by atoms with Crippen molar-refractivity contribution in [1.29, 1.82) is 0 Å². The molecule has 0 fully saturated rings. The van der Waals surface area contributed by atoms with Crippen LogP contribution in [-0.2, 0) is 4.79 Å². The van der Waals surface area contributed by atoms with Crippen LogP contribution >= 0.6 is 27.5 Å². The number of aliphatic carboxylic acids is 1. The highest BCUT2D eigenvalue weighted by atomic mass is 79.9. The SMILES string of the molecule is CC(C)(C)C(NC(=O)Nc1ccc(Br)cc1Cl)C(=O)O. The highest BCUT2D eigenvalue weighted by Gasteiger charge is 2.32. The van der Waals surface area contributed by atoms with Crippen molar-refractivity contribution in [1.82, 2.24) is 5.32 Å². The molecule has 0 radical (unpaired) electrons. The number of hydrogen-bond acceptors (Lipinski definition) is 2. The summed E-state index contributed by atoms with van der Waals surface area (Å²) < 4.78 is 0.784. The van der Waals surface area contributed by atoms with E-state index in [0.29, 0.717) is 10.7 Å². The van der Waals surface area contributed by atoms with Gasteiger partial charge in [-0.05, 0) is 23.6 Å². The lowest BCUT2D eigenvalue weighted by Gasteiger charge is -2.27. The molecule has 5 nitrogen and oxygen atoms in total. The number of carboxylic acid groups (broad SMARTS) is 1. The summed E-state index contributed by atoms with van der Waals surface area (Å²) in [5, 5.41) is 14.5. The zero-order valence-corrected chi connectivity index (χ0v) is 13.7. The minimum atomic E-state index is -1.09. The molecule has 0 spiro atoms. The van der Waals surface area contributed by atoms with Crippen LogP contribution in [-0.4, -0.2) is 23.1 Å². The van der Waals surface area contributed by atoms with E-state index in [1.165, 1.54) is 0 Å². The number of urea groups is 1. The maximum absolute atomic E-state index is 11.9. The Morgan fingerprint density at radius 3 is 2.40 bits per heavy atom. The first-order valence-electron chi connectivity index (χ1n) is 5.86. The average molecular weight is 364 g/mol. The molecule has 3 N–H and O–H groups in total. The number of halogens is 2. The molecule has 0 heterocycles. The largest absolute Gasteiger partial charge is 0.480 e. The van der Waals surface area contributed by atoms with Gasteiger partial charge in [0.15, 0.2) is 0 Å². The monoisotopic (exact) mass is 362 g/mol. The van der Waals surface area contributed by atoms with Crippen molar-refractivity contribution in [3.05, 3.63) is 27.7 Å². The third-order valence-electron chi connectivity index (χ3n) is 2.57. The Balaban J connectivity index is 2.79. The number of carbonyl (C=O) groups excluding carboxylic acids is 1. The molecule has 1 unspecified atom stereocenters. The maximum Gasteiger partial charge on any atom is 0.326 e. The third-order valence-corrected chi connectivity index (χ3v) is 3.37. The molecule has 20 heavy (non-hydrogen) atoms. The van der Waals surface area contributed by atoms with Crippen molar-refractivity contribution in [2.45, 2.75) is 26.8 Å². The molecular weight excluding hydrogens is 348 g/mol. The first-order valence-corrected chi connectivity index (χ1v) is 7.03. The molecule has 1 rings (SSSR count). The van der Waals surface area contributed by atoms with Crippen molar-refractivity contribution >= 4 is 45.2 Å². The van der Waals surface area contributed by atoms with Crippen molar-refractivity contribution < 1.29 is 14.7 Å². The van der Waals surface area contributed by atoms with Gasteiger partial charge in [0, 0.05) is 4.47 Å². The van der Waals surface area contributed by atoms with Gasteiger partial charge in [0.05, 0.1) is 10.7 Å². The number of amides is 2. The van der Waals surface area contributed by atoms with Crippen LogP contribution in [0, 0.1) is 5.41 Å². The van der Waals surface area contributed by atoms with Crippen LogP contribution < -0.4 is 10.6 Å². The number of carboxylic acids is 1. The van der Waals surface area contributed by atoms with Gasteiger partial charge < -0.3 is 15.7 Å². The number of benzene rings is 1. The van der Waals surface area contributed by atoms with Crippen LogP contribution in [0.15, 0.2) is 22.7 Å². The second-order valence-corrected chi connectivity index (χ2v) is 6.68. The van der Waals surface area contributed by atoms with Crippen LogP contribution in [0.1, 0.15) is 20.8 Å². The van der Waals surface area contributed by atoms with Gasteiger partial charge in [0.2, 0.25) is 0 Å². The Hall–Kier alpha value is -1.27. The highest BCUT2D eigenvalue weighted by Crippen LogP contribution is 2.26. The molecule has 1 atom stereocenters. The molecule has 0 aliphatic rings. The molecule has 1 aromatic rings. The molecule has 0 aromatic heterocycles. The lowest BCUT2D eigenvalue weighted by Crippen LogP contribution is -2.50. The number of carbonyl (C=O) groups is 2. The molecule has 0 saturated carbocycles. The van der Waals surface area contributed by atoms with E-state index in [4.69, 9.17) is 16.7 Å². The number of rotatable bonds is 3. The Morgan fingerprint density at radius 2 is 1.95 bits per heavy atom. The van der Waals surface area contributed by atoms with Crippen LogP contribution in [0.4, 0.5) is 10.5 Å². The van der Waals surface area contributed by atoms with Gasteiger partial charge in [-0.25, -0.2) is 9.59 Å². The summed E-state index contributed by atoms with van der Waals surface area (Å²) in [5.41, 5.74) is -0.197. The van der Waals surface area contributed by atoms with Crippen molar-refractivity contribution in [3.8, 4) is 0 Å². The van der Waals surface area contributed by atoms with E-state index < -0.39 is 23.5 Å². The number of hydrogen-bond donors (Lipinski definition) is 3. The van der Waals surface area contributed by atoms with Gasteiger partial charge in [0.25, 0.3) is 0 Å². The molecular formula is C13H16BrClN2O3. The second-order valence-electron chi connectivity index (χ2n) is 5.36. The Bertz CT molecular complexity index is 529. The van der Waals surface area contributed by atoms with Crippen molar-refractivity contribution in [2.24, 2.45) is 5.41 Å². The summed E-state index contributed by atoms with van der Waals surface area (Å²) in [7, 11) is 0. The smallest absolute Gasteiger partial charge is 0.326 e. The predicted molar refractivity (Wildman–Crippen MR) is 82.2 cm³/mol. The lowest BCUT2D eigenvalue weighted by molar-refractivity contribution is -0.141. The van der Waals surface area contributed by atoms with E-state index in [0.717, 1.165) is 4.47 Å². The van der Waals surface area contributed by atoms with Gasteiger partial charge in [-0.15, -0.1) is 0 Å². The molecule has 0 aliphatic heterocycles. The second kappa shape index (κ2) is 6.45. The summed E-state index contributed by atoms with van der Waals surface area (Å²) in [5.74, 6) is -1.09. The molecule has 2 amide bonds. The van der Waals surface area contributed by atoms with Crippen LogP contribution in [0.3, 0.4) is 0 Å². The highest BCUT2D eigenvalue weighted by molar-refractivity contribution is 9.10. The Morgan fingerprint density at radius 1 is 1.35 bits per heavy atom. The van der Waals surface area contributed by atoms with Gasteiger partial charge in [0.1, 0.15) is 6.04 Å². The van der Waals surface area contributed by atoms with Gasteiger partial charge in [-0.2, -0.15) is 0 Å². The first kappa shape index (κ1) is 16.8. The zero-order valence-electron chi connectivity index (χ0n) is 11.3. The van der Waals surface area contributed by atoms with Crippen LogP contribution in [0.25, 0.3) is 0 Å². The first-order chi connectivity index (χ1) is 9.11. The summed E-state index contributed by atoms with van der Waals surface area (Å²) >= 11 is 9.23. The summed E-state index contributed by atoms with van der Waals surface area (Å²) in [6, 6.07) is 3.36. The number of nitrogens with one attached hydrogen (secondary N) is 2. The standard InChI is InChI=1S/C13H16BrClN2O3/c1-13(2,3)10(11(18)19)17-12(20)16-9-5-4-7(14)6-8(9)15/h4-6,10H,1-3H3,(H,18,19)(H2,16,17,20). The van der Waals surface area contributed by atoms with Crippen molar-refractivity contribution in [3.63, 3.8) is 0 Å². The fourth-order valence-electron chi connectivity index (χ4n) is 1.53. The summed E-state index contributed by atoms with van der Waals surface area (Å²) in [6.07, 6.45) is 0. The topological polar surface area (TPSA) is 78.4 Å². The molecule has 110 valence electrons.